The van der Waals surface area contributed by atoms with E-state index in [0.29, 0.717) is 49.2 Å². The van der Waals surface area contributed by atoms with E-state index in [2.05, 4.69) is 49.4 Å². The Hall–Kier alpha value is -1.45. The van der Waals surface area contributed by atoms with Crippen molar-refractivity contribution in [2.45, 2.75) is 91.0 Å². The summed E-state index contributed by atoms with van der Waals surface area (Å²) in [5.74, 6) is 0.478. The van der Waals surface area contributed by atoms with E-state index in [1.165, 1.54) is 0 Å². The van der Waals surface area contributed by atoms with Gasteiger partial charge in [-0.2, -0.15) is 0 Å². The molecule has 2 fully saturated rings. The number of aliphatic hydroxyl groups excluding tert-OH is 1. The molecule has 2 heterocycles. The van der Waals surface area contributed by atoms with Crippen molar-refractivity contribution in [3.8, 4) is 0 Å². The lowest BCUT2D eigenvalue weighted by molar-refractivity contribution is 0.0491. The Labute approximate surface area is 228 Å². The molecule has 0 amide bonds. The van der Waals surface area contributed by atoms with Crippen LogP contribution >= 0.6 is 11.6 Å². The SMILES string of the molecule is CCN1CCN(c2cc3nc(C(=O)C4(C)CCC(O)CC4)n(COCC[Si](C)(C)C)c3cc2Cl)C(C)C1. The first kappa shape index (κ1) is 28.6. The van der Waals surface area contributed by atoms with Crippen molar-refractivity contribution >= 4 is 42.2 Å². The van der Waals surface area contributed by atoms with Gasteiger partial charge in [-0.15, -0.1) is 0 Å². The van der Waals surface area contributed by atoms with E-state index in [0.717, 1.165) is 48.9 Å². The highest BCUT2D eigenvalue weighted by molar-refractivity contribution is 6.76. The monoisotopic (exact) mass is 548 g/mol. The number of aliphatic hydroxyl groups is 1. The van der Waals surface area contributed by atoms with Crippen molar-refractivity contribution in [2.75, 3.05) is 37.7 Å². The average Bonchev–Trinajstić information content (AvgIpc) is 3.19. The highest BCUT2D eigenvalue weighted by Gasteiger charge is 2.40. The van der Waals surface area contributed by atoms with E-state index in [9.17, 15) is 9.90 Å². The minimum atomic E-state index is -1.23. The molecule has 1 saturated heterocycles. The molecular formula is C28H45ClN4O3Si. The quantitative estimate of drug-likeness (QED) is 0.248. The molecule has 206 valence electrons. The van der Waals surface area contributed by atoms with E-state index in [1.807, 2.05) is 17.6 Å². The number of aromatic nitrogens is 2. The lowest BCUT2D eigenvalue weighted by Gasteiger charge is -2.41. The van der Waals surface area contributed by atoms with Crippen LogP contribution in [-0.4, -0.2) is 78.3 Å². The summed E-state index contributed by atoms with van der Waals surface area (Å²) in [6, 6.07) is 5.41. The number of carbonyl (C=O) groups is 1. The van der Waals surface area contributed by atoms with Gasteiger partial charge in [0.05, 0.1) is 27.8 Å². The zero-order valence-corrected chi connectivity index (χ0v) is 25.3. The van der Waals surface area contributed by atoms with Gasteiger partial charge in [0.15, 0.2) is 5.82 Å². The Morgan fingerprint density at radius 2 is 1.95 bits per heavy atom. The molecule has 7 nitrogen and oxygen atoms in total. The van der Waals surface area contributed by atoms with Gasteiger partial charge in [0, 0.05) is 45.8 Å². The number of benzene rings is 1. The highest BCUT2D eigenvalue weighted by atomic mass is 35.5. The maximum absolute atomic E-state index is 13.9. The molecule has 1 aliphatic carbocycles. The fourth-order valence-electron chi connectivity index (χ4n) is 5.61. The van der Waals surface area contributed by atoms with Gasteiger partial charge >= 0.3 is 0 Å². The number of hydrogen-bond donors (Lipinski definition) is 1. The first-order chi connectivity index (χ1) is 17.4. The van der Waals surface area contributed by atoms with Gasteiger partial charge in [-0.25, -0.2) is 4.98 Å². The standard InChI is InChI=1S/C28H45ClN4O3Si/c1-7-31-12-13-32(20(2)18-31)24-17-23-25(16-22(24)29)33(19-36-14-15-37(4,5)6)27(30-23)26(35)28(3)10-8-21(34)9-11-28/h16-17,20-21,34H,7-15,18-19H2,1-6H3. The summed E-state index contributed by atoms with van der Waals surface area (Å²) in [4.78, 5) is 23.7. The van der Waals surface area contributed by atoms with Crippen LogP contribution in [0.1, 0.15) is 57.1 Å². The van der Waals surface area contributed by atoms with Gasteiger partial charge in [-0.3, -0.25) is 14.3 Å². The molecule has 1 aromatic heterocycles. The smallest absolute Gasteiger partial charge is 0.204 e. The van der Waals surface area contributed by atoms with E-state index in [-0.39, 0.29) is 18.6 Å². The second-order valence-corrected chi connectivity index (χ2v) is 18.6. The van der Waals surface area contributed by atoms with Gasteiger partial charge in [-0.05, 0) is 57.3 Å². The largest absolute Gasteiger partial charge is 0.393 e. The number of nitrogens with zero attached hydrogens (tertiary/aromatic N) is 4. The number of Topliss-reactive ketones (excluding diaryl/α,β-unsaturated/α-hetero) is 1. The summed E-state index contributed by atoms with van der Waals surface area (Å²) < 4.78 is 8.05. The molecule has 37 heavy (non-hydrogen) atoms. The van der Waals surface area contributed by atoms with Crippen molar-refractivity contribution < 1.29 is 14.6 Å². The number of likely N-dealkylation sites (N-methyl/N-ethyl adjacent to an activating group) is 1. The molecular weight excluding hydrogens is 504 g/mol. The second-order valence-electron chi connectivity index (χ2n) is 12.6. The molecule has 9 heteroatoms. The molecule has 0 radical (unpaired) electrons. The van der Waals surface area contributed by atoms with Crippen molar-refractivity contribution in [3.05, 3.63) is 23.0 Å². The van der Waals surface area contributed by atoms with E-state index in [1.54, 1.807) is 0 Å². The van der Waals surface area contributed by atoms with Crippen LogP contribution in [0.3, 0.4) is 0 Å². The van der Waals surface area contributed by atoms with Crippen LogP contribution in [0.2, 0.25) is 30.7 Å². The summed E-state index contributed by atoms with van der Waals surface area (Å²) >= 11 is 6.90. The van der Waals surface area contributed by atoms with E-state index >= 15 is 0 Å². The van der Waals surface area contributed by atoms with E-state index in [4.69, 9.17) is 21.3 Å². The fraction of sp³-hybridized carbons (Fsp3) is 0.714. The maximum atomic E-state index is 13.9. The predicted molar refractivity (Wildman–Crippen MR) is 155 cm³/mol. The summed E-state index contributed by atoms with van der Waals surface area (Å²) in [7, 11) is -1.23. The number of carbonyl (C=O) groups excluding carboxylic acids is 1. The normalized spacial score (nSPS) is 25.7. The maximum Gasteiger partial charge on any atom is 0.204 e. The number of hydrogen-bond acceptors (Lipinski definition) is 6. The van der Waals surface area contributed by atoms with Crippen LogP contribution in [0.4, 0.5) is 5.69 Å². The van der Waals surface area contributed by atoms with Crippen molar-refractivity contribution in [1.82, 2.24) is 14.5 Å². The Balaban J connectivity index is 1.69. The second kappa shape index (κ2) is 11.3. The number of piperazine rings is 1. The van der Waals surface area contributed by atoms with Gasteiger partial charge in [0.25, 0.3) is 0 Å². The van der Waals surface area contributed by atoms with Crippen molar-refractivity contribution in [1.29, 1.82) is 0 Å². The van der Waals surface area contributed by atoms with Crippen LogP contribution in [0.15, 0.2) is 12.1 Å². The lowest BCUT2D eigenvalue weighted by Crippen LogP contribution is -2.51. The molecule has 1 unspecified atom stereocenters. The third kappa shape index (κ3) is 6.41. The van der Waals surface area contributed by atoms with Crippen LogP contribution in [-0.2, 0) is 11.5 Å². The number of fused-ring (bicyclic) bond motifs is 1. The molecule has 2 aliphatic rings. The number of imidazole rings is 1. The molecule has 1 saturated carbocycles. The van der Waals surface area contributed by atoms with E-state index < -0.39 is 13.5 Å². The fourth-order valence-corrected chi connectivity index (χ4v) is 6.63. The van der Waals surface area contributed by atoms with Crippen molar-refractivity contribution in [2.24, 2.45) is 5.41 Å². The Bertz CT molecular complexity index is 1110. The zero-order chi connectivity index (χ0) is 27.0. The van der Waals surface area contributed by atoms with Crippen molar-refractivity contribution in [3.63, 3.8) is 0 Å². The zero-order valence-electron chi connectivity index (χ0n) is 23.5. The summed E-state index contributed by atoms with van der Waals surface area (Å²) in [6.07, 6.45) is 2.30. The molecule has 0 bridgehead atoms. The summed E-state index contributed by atoms with van der Waals surface area (Å²) in [5.41, 5.74) is 2.06. The number of ketones is 1. The van der Waals surface area contributed by atoms with Crippen LogP contribution in [0, 0.1) is 5.41 Å². The Morgan fingerprint density at radius 1 is 1.24 bits per heavy atom. The molecule has 1 aliphatic heterocycles. The number of halogens is 1. The van der Waals surface area contributed by atoms with Crippen LogP contribution in [0.25, 0.3) is 11.0 Å². The molecule has 1 N–H and O–H groups in total. The summed E-state index contributed by atoms with van der Waals surface area (Å²) in [6.45, 7) is 18.4. The first-order valence-corrected chi connectivity index (χ1v) is 18.0. The van der Waals surface area contributed by atoms with Gasteiger partial charge in [0.1, 0.15) is 6.73 Å². The first-order valence-electron chi connectivity index (χ1n) is 13.9. The summed E-state index contributed by atoms with van der Waals surface area (Å²) in [5, 5.41) is 10.7. The molecule has 1 atom stereocenters. The Kier molecular flexibility index (Phi) is 8.75. The average molecular weight is 549 g/mol. The highest BCUT2D eigenvalue weighted by Crippen LogP contribution is 2.40. The van der Waals surface area contributed by atoms with Gasteiger partial charge in [0.2, 0.25) is 5.78 Å². The number of anilines is 1. The molecule has 1 aromatic carbocycles. The number of ether oxygens (including phenoxy) is 1. The van der Waals surface area contributed by atoms with Gasteiger partial charge in [-0.1, -0.05) is 45.1 Å². The lowest BCUT2D eigenvalue weighted by atomic mass is 9.71. The number of rotatable bonds is 9. The van der Waals surface area contributed by atoms with Crippen LogP contribution < -0.4 is 4.90 Å². The topological polar surface area (TPSA) is 70.8 Å². The Morgan fingerprint density at radius 3 is 2.57 bits per heavy atom. The van der Waals surface area contributed by atoms with Crippen LogP contribution in [0.5, 0.6) is 0 Å². The third-order valence-electron chi connectivity index (χ3n) is 8.31. The molecule has 0 spiro atoms. The van der Waals surface area contributed by atoms with Gasteiger partial charge < -0.3 is 14.7 Å². The molecule has 4 rings (SSSR count). The molecule has 2 aromatic rings. The third-order valence-corrected chi connectivity index (χ3v) is 10.3. The minimum Gasteiger partial charge on any atom is -0.393 e. The predicted octanol–water partition coefficient (Wildman–Crippen LogP) is 5.66. The minimum absolute atomic E-state index is 0.0343.